The molecule has 2 aliphatic rings. The Morgan fingerprint density at radius 2 is 1.86 bits per heavy atom. The number of rotatable bonds is 1. The fraction of sp³-hybridized carbons (Fsp3) is 0.500. The molecule has 1 heterocycles. The maximum absolute atomic E-state index is 12.7. The number of aliphatic hydroxyl groups is 1. The third-order valence-electron chi connectivity index (χ3n) is 4.86. The van der Waals surface area contributed by atoms with Crippen molar-refractivity contribution in [2.75, 3.05) is 11.5 Å². The largest absolute Gasteiger partial charge is 0.512 e. The zero-order valence-corrected chi connectivity index (χ0v) is 13.6. The van der Waals surface area contributed by atoms with E-state index in [1.165, 1.54) is 0 Å². The number of carbonyl (C=O) groups is 1. The summed E-state index contributed by atoms with van der Waals surface area (Å²) in [6.07, 6.45) is 3.36. The maximum atomic E-state index is 12.7. The third kappa shape index (κ3) is 2.76. The number of Topliss-reactive ketones (excluding diaryl/α,β-unsaturated/α-hetero) is 1. The van der Waals surface area contributed by atoms with Crippen molar-refractivity contribution < 1.29 is 9.90 Å². The van der Waals surface area contributed by atoms with E-state index in [1.54, 1.807) is 0 Å². The molecule has 0 amide bonds. The fourth-order valence-corrected chi connectivity index (χ4v) is 4.92. The molecule has 1 fully saturated rings. The molecule has 0 aromatic heterocycles. The summed E-state index contributed by atoms with van der Waals surface area (Å²) in [5, 5.41) is 10.6. The van der Waals surface area contributed by atoms with E-state index in [9.17, 15) is 9.90 Å². The van der Waals surface area contributed by atoms with Crippen LogP contribution in [0, 0.1) is 19.3 Å². The summed E-state index contributed by atoms with van der Waals surface area (Å²) in [4.78, 5) is 12.7. The minimum atomic E-state index is 0.0215. The quantitative estimate of drug-likeness (QED) is 0.833. The van der Waals surface area contributed by atoms with E-state index in [4.69, 9.17) is 0 Å². The highest BCUT2D eigenvalue weighted by molar-refractivity contribution is 7.99. The third-order valence-corrected chi connectivity index (χ3v) is 5.85. The lowest BCUT2D eigenvalue weighted by Gasteiger charge is -2.39. The monoisotopic (exact) mass is 302 g/mol. The second kappa shape index (κ2) is 5.53. The Balaban J connectivity index is 2.01. The maximum Gasteiger partial charge on any atom is 0.167 e. The van der Waals surface area contributed by atoms with Crippen molar-refractivity contribution in [1.82, 2.24) is 0 Å². The number of aryl methyl sites for hydroxylation is 2. The summed E-state index contributed by atoms with van der Waals surface area (Å²) in [6.45, 7) is 4.03. The standard InChI is InChI=1S/C18H22O2S/c1-12-3-4-13(2)14(9-12)17-15(19)10-18(11-16(17)20)5-7-21-8-6-18/h3-4,9,19H,5-8,10-11H2,1-2H3. The second-order valence-electron chi connectivity index (χ2n) is 6.53. The normalized spacial score (nSPS) is 21.9. The van der Waals surface area contributed by atoms with Gasteiger partial charge in [0.15, 0.2) is 5.78 Å². The average Bonchev–Trinajstić information content (AvgIpc) is 2.42. The van der Waals surface area contributed by atoms with E-state index >= 15 is 0 Å². The number of allylic oxidation sites excluding steroid dienone is 2. The van der Waals surface area contributed by atoms with Crippen LogP contribution in [0.3, 0.4) is 0 Å². The van der Waals surface area contributed by atoms with Gasteiger partial charge in [0.05, 0.1) is 5.57 Å². The van der Waals surface area contributed by atoms with Crippen LogP contribution in [0.2, 0.25) is 0 Å². The van der Waals surface area contributed by atoms with Crippen molar-refractivity contribution in [3.8, 4) is 0 Å². The highest BCUT2D eigenvalue weighted by atomic mass is 32.2. The highest BCUT2D eigenvalue weighted by Crippen LogP contribution is 2.48. The van der Waals surface area contributed by atoms with Crippen LogP contribution in [-0.4, -0.2) is 22.4 Å². The Kier molecular flexibility index (Phi) is 3.87. The lowest BCUT2D eigenvalue weighted by Crippen LogP contribution is -2.34. The molecular formula is C18H22O2S. The van der Waals surface area contributed by atoms with Gasteiger partial charge in [-0.15, -0.1) is 0 Å². The summed E-state index contributed by atoms with van der Waals surface area (Å²) >= 11 is 1.96. The molecule has 1 N–H and O–H groups in total. The number of ketones is 1. The van der Waals surface area contributed by atoms with Crippen molar-refractivity contribution in [2.24, 2.45) is 5.41 Å². The zero-order valence-electron chi connectivity index (χ0n) is 12.7. The molecule has 3 heteroatoms. The Bertz CT molecular complexity index is 610. The second-order valence-corrected chi connectivity index (χ2v) is 7.75. The molecule has 0 radical (unpaired) electrons. The first kappa shape index (κ1) is 14.7. The van der Waals surface area contributed by atoms with E-state index in [0.29, 0.717) is 24.2 Å². The lowest BCUT2D eigenvalue weighted by molar-refractivity contribution is -0.117. The minimum absolute atomic E-state index is 0.0215. The van der Waals surface area contributed by atoms with Crippen LogP contribution in [0.25, 0.3) is 5.57 Å². The van der Waals surface area contributed by atoms with Gasteiger partial charge in [-0.05, 0) is 54.7 Å². The lowest BCUT2D eigenvalue weighted by atomic mass is 9.68. The zero-order chi connectivity index (χ0) is 15.0. The van der Waals surface area contributed by atoms with Gasteiger partial charge in [-0.1, -0.05) is 23.8 Å². The van der Waals surface area contributed by atoms with Gasteiger partial charge in [0.1, 0.15) is 5.76 Å². The van der Waals surface area contributed by atoms with Crippen molar-refractivity contribution in [3.05, 3.63) is 40.6 Å². The van der Waals surface area contributed by atoms with Crippen LogP contribution in [0.4, 0.5) is 0 Å². The van der Waals surface area contributed by atoms with E-state index in [2.05, 4.69) is 0 Å². The van der Waals surface area contributed by atoms with Gasteiger partial charge < -0.3 is 5.11 Å². The van der Waals surface area contributed by atoms with Crippen LogP contribution >= 0.6 is 11.8 Å². The highest BCUT2D eigenvalue weighted by Gasteiger charge is 2.41. The molecule has 0 bridgehead atoms. The summed E-state index contributed by atoms with van der Waals surface area (Å²) < 4.78 is 0. The molecule has 1 aromatic rings. The summed E-state index contributed by atoms with van der Waals surface area (Å²) in [6, 6.07) is 6.09. The van der Waals surface area contributed by atoms with Crippen LogP contribution in [0.15, 0.2) is 24.0 Å². The number of hydrogen-bond donors (Lipinski definition) is 1. The van der Waals surface area contributed by atoms with E-state index in [1.807, 2.05) is 43.8 Å². The smallest absolute Gasteiger partial charge is 0.167 e. The molecule has 2 nitrogen and oxygen atoms in total. The van der Waals surface area contributed by atoms with E-state index in [-0.39, 0.29) is 11.2 Å². The van der Waals surface area contributed by atoms with Crippen molar-refractivity contribution in [1.29, 1.82) is 0 Å². The molecule has 1 aliphatic heterocycles. The molecule has 1 aromatic carbocycles. The van der Waals surface area contributed by atoms with Crippen LogP contribution in [0.1, 0.15) is 42.4 Å². The summed E-state index contributed by atoms with van der Waals surface area (Å²) in [7, 11) is 0. The number of hydrogen-bond acceptors (Lipinski definition) is 3. The number of benzene rings is 1. The molecule has 1 aliphatic carbocycles. The van der Waals surface area contributed by atoms with E-state index < -0.39 is 0 Å². The number of carbonyl (C=O) groups excluding carboxylic acids is 1. The van der Waals surface area contributed by atoms with Gasteiger partial charge in [-0.2, -0.15) is 11.8 Å². The summed E-state index contributed by atoms with van der Waals surface area (Å²) in [5.74, 6) is 2.66. The first-order valence-electron chi connectivity index (χ1n) is 7.61. The number of aliphatic hydroxyl groups excluding tert-OH is 1. The predicted octanol–water partition coefficient (Wildman–Crippen LogP) is 4.45. The van der Waals surface area contributed by atoms with Crippen LogP contribution in [-0.2, 0) is 4.79 Å². The Morgan fingerprint density at radius 1 is 1.14 bits per heavy atom. The SMILES string of the molecule is Cc1ccc(C)c(C2=C(O)CC3(CCSCC3)CC2=O)c1. The van der Waals surface area contributed by atoms with Gasteiger partial charge in [0.2, 0.25) is 0 Å². The van der Waals surface area contributed by atoms with Crippen molar-refractivity contribution in [2.45, 2.75) is 39.5 Å². The topological polar surface area (TPSA) is 37.3 Å². The van der Waals surface area contributed by atoms with Crippen molar-refractivity contribution in [3.63, 3.8) is 0 Å². The Hall–Kier alpha value is -1.22. The number of thioether (sulfide) groups is 1. The Morgan fingerprint density at radius 3 is 2.52 bits per heavy atom. The van der Waals surface area contributed by atoms with Gasteiger partial charge in [-0.3, -0.25) is 4.79 Å². The first-order valence-corrected chi connectivity index (χ1v) is 8.77. The molecule has 0 atom stereocenters. The fourth-order valence-electron chi connectivity index (χ4n) is 3.56. The van der Waals surface area contributed by atoms with Crippen molar-refractivity contribution >= 4 is 23.1 Å². The van der Waals surface area contributed by atoms with Gasteiger partial charge in [0, 0.05) is 12.8 Å². The molecule has 21 heavy (non-hydrogen) atoms. The van der Waals surface area contributed by atoms with Crippen LogP contribution < -0.4 is 0 Å². The molecule has 3 rings (SSSR count). The van der Waals surface area contributed by atoms with Crippen LogP contribution in [0.5, 0.6) is 0 Å². The van der Waals surface area contributed by atoms with Gasteiger partial charge >= 0.3 is 0 Å². The molecule has 1 spiro atoms. The average molecular weight is 302 g/mol. The molecular weight excluding hydrogens is 280 g/mol. The molecule has 112 valence electrons. The predicted molar refractivity (Wildman–Crippen MR) is 88.7 cm³/mol. The van der Waals surface area contributed by atoms with Gasteiger partial charge in [0.25, 0.3) is 0 Å². The van der Waals surface area contributed by atoms with E-state index in [0.717, 1.165) is 41.0 Å². The first-order chi connectivity index (χ1) is 10.0. The minimum Gasteiger partial charge on any atom is -0.512 e. The Labute approximate surface area is 130 Å². The molecule has 1 saturated heterocycles. The van der Waals surface area contributed by atoms with Gasteiger partial charge in [-0.25, -0.2) is 0 Å². The summed E-state index contributed by atoms with van der Waals surface area (Å²) in [5.41, 5.74) is 3.69. The molecule has 0 unspecified atom stereocenters. The molecule has 0 saturated carbocycles.